The molecule has 82 valence electrons. The number of hydrogen-bond donors (Lipinski definition) is 1. The van der Waals surface area contributed by atoms with E-state index in [1.165, 1.54) is 0 Å². The minimum absolute atomic E-state index is 0.140. The van der Waals surface area contributed by atoms with Crippen molar-refractivity contribution in [3.8, 4) is 0 Å². The van der Waals surface area contributed by atoms with Crippen LogP contribution in [0.4, 0.5) is 0 Å². The second-order valence-corrected chi connectivity index (χ2v) is 4.46. The van der Waals surface area contributed by atoms with Gasteiger partial charge in [-0.15, -0.1) is 0 Å². The molecule has 1 unspecified atom stereocenters. The average molecular weight is 209 g/mol. The number of carbonyl (C=O) groups is 1. The van der Waals surface area contributed by atoms with Crippen LogP contribution in [0.2, 0.25) is 0 Å². The largest absolute Gasteiger partial charge is 0.347 e. The van der Waals surface area contributed by atoms with Crippen molar-refractivity contribution in [2.45, 2.75) is 31.5 Å². The minimum atomic E-state index is -0.379. The van der Waals surface area contributed by atoms with Gasteiger partial charge in [-0.05, 0) is 6.42 Å². The summed E-state index contributed by atoms with van der Waals surface area (Å²) in [6.07, 6.45) is 5.26. The fourth-order valence-electron chi connectivity index (χ4n) is 2.67. The van der Waals surface area contributed by atoms with Crippen LogP contribution in [0.25, 0.3) is 0 Å². The van der Waals surface area contributed by atoms with Gasteiger partial charge in [-0.25, -0.2) is 0 Å². The highest BCUT2D eigenvalue weighted by Gasteiger charge is 2.43. The highest BCUT2D eigenvalue weighted by Crippen LogP contribution is 2.40. The molecular formula is C11H15NO3. The molecule has 0 radical (unpaired) electrons. The van der Waals surface area contributed by atoms with Crippen LogP contribution in [0.3, 0.4) is 0 Å². The third kappa shape index (κ3) is 1.58. The molecule has 3 aliphatic rings. The Hall–Kier alpha value is -0.870. The number of fused-ring (bicyclic) bond motifs is 1. The van der Waals surface area contributed by atoms with Gasteiger partial charge < -0.3 is 14.8 Å². The molecule has 2 saturated heterocycles. The molecule has 1 N–H and O–H groups in total. The maximum atomic E-state index is 11.2. The Balaban J connectivity index is 1.80. The SMILES string of the molecule is O=C1CCC2CC3(CC=C2N1)OCCO3. The Labute approximate surface area is 88.6 Å². The maximum absolute atomic E-state index is 11.2. The van der Waals surface area contributed by atoms with Crippen molar-refractivity contribution in [1.29, 1.82) is 0 Å². The molecule has 1 spiro atoms. The van der Waals surface area contributed by atoms with Crippen LogP contribution in [-0.4, -0.2) is 24.9 Å². The van der Waals surface area contributed by atoms with Crippen molar-refractivity contribution >= 4 is 5.91 Å². The van der Waals surface area contributed by atoms with Crippen LogP contribution < -0.4 is 5.32 Å². The molecule has 4 nitrogen and oxygen atoms in total. The first-order chi connectivity index (χ1) is 7.27. The summed E-state index contributed by atoms with van der Waals surface area (Å²) in [4.78, 5) is 11.2. The topological polar surface area (TPSA) is 47.6 Å². The predicted molar refractivity (Wildman–Crippen MR) is 52.8 cm³/mol. The standard InChI is InChI=1S/C11H15NO3/c13-10-2-1-8-7-11(14-5-6-15-11)4-3-9(8)12-10/h3,8H,1-2,4-7H2,(H,12,13). The predicted octanol–water partition coefficient (Wildman–Crippen LogP) is 0.933. The molecule has 0 aromatic rings. The normalized spacial score (nSPS) is 33.5. The zero-order valence-corrected chi connectivity index (χ0v) is 8.62. The molecule has 0 saturated carbocycles. The van der Waals surface area contributed by atoms with Gasteiger partial charge in [0.25, 0.3) is 0 Å². The second-order valence-electron chi connectivity index (χ2n) is 4.46. The number of piperidine rings is 1. The maximum Gasteiger partial charge on any atom is 0.224 e. The van der Waals surface area contributed by atoms with E-state index in [-0.39, 0.29) is 11.7 Å². The van der Waals surface area contributed by atoms with E-state index >= 15 is 0 Å². The Morgan fingerprint density at radius 1 is 1.40 bits per heavy atom. The van der Waals surface area contributed by atoms with E-state index < -0.39 is 0 Å². The summed E-state index contributed by atoms with van der Waals surface area (Å²) in [6, 6.07) is 0. The average Bonchev–Trinajstić information content (AvgIpc) is 2.67. The molecule has 1 aliphatic carbocycles. The van der Waals surface area contributed by atoms with Gasteiger partial charge in [0.15, 0.2) is 5.79 Å². The summed E-state index contributed by atoms with van der Waals surface area (Å²) in [5, 5.41) is 2.94. The summed E-state index contributed by atoms with van der Waals surface area (Å²) in [7, 11) is 0. The van der Waals surface area contributed by atoms with Crippen molar-refractivity contribution in [1.82, 2.24) is 5.32 Å². The van der Waals surface area contributed by atoms with Crippen LogP contribution in [0.1, 0.15) is 25.7 Å². The van der Waals surface area contributed by atoms with Crippen molar-refractivity contribution in [3.05, 3.63) is 11.8 Å². The van der Waals surface area contributed by atoms with Gasteiger partial charge in [-0.3, -0.25) is 4.79 Å². The minimum Gasteiger partial charge on any atom is -0.347 e. The number of nitrogens with one attached hydrogen (secondary N) is 1. The van der Waals surface area contributed by atoms with Crippen LogP contribution in [0.15, 0.2) is 11.8 Å². The van der Waals surface area contributed by atoms with Gasteiger partial charge in [-0.2, -0.15) is 0 Å². The number of ether oxygens (including phenoxy) is 2. The van der Waals surface area contributed by atoms with Gasteiger partial charge >= 0.3 is 0 Å². The van der Waals surface area contributed by atoms with Gasteiger partial charge in [0.05, 0.1) is 13.2 Å². The Bertz CT molecular complexity index is 318. The molecular weight excluding hydrogens is 194 g/mol. The number of carbonyl (C=O) groups excluding carboxylic acids is 1. The summed E-state index contributed by atoms with van der Waals surface area (Å²) in [6.45, 7) is 1.39. The molecule has 1 atom stereocenters. The van der Waals surface area contributed by atoms with Crippen LogP contribution in [0.5, 0.6) is 0 Å². The molecule has 15 heavy (non-hydrogen) atoms. The summed E-state index contributed by atoms with van der Waals surface area (Å²) in [5.41, 5.74) is 1.08. The lowest BCUT2D eigenvalue weighted by atomic mass is 9.82. The Morgan fingerprint density at radius 2 is 2.20 bits per heavy atom. The first-order valence-electron chi connectivity index (χ1n) is 5.55. The molecule has 0 aromatic carbocycles. The Morgan fingerprint density at radius 3 is 3.00 bits per heavy atom. The van der Waals surface area contributed by atoms with Gasteiger partial charge in [0.2, 0.25) is 5.91 Å². The molecule has 2 aliphatic heterocycles. The fourth-order valence-corrected chi connectivity index (χ4v) is 2.67. The lowest BCUT2D eigenvalue weighted by Gasteiger charge is -2.38. The van der Waals surface area contributed by atoms with E-state index in [2.05, 4.69) is 11.4 Å². The first-order valence-corrected chi connectivity index (χ1v) is 5.55. The zero-order valence-electron chi connectivity index (χ0n) is 8.62. The monoisotopic (exact) mass is 209 g/mol. The lowest BCUT2D eigenvalue weighted by molar-refractivity contribution is -0.171. The third-order valence-electron chi connectivity index (χ3n) is 3.45. The number of allylic oxidation sites excluding steroid dienone is 1. The van der Waals surface area contributed by atoms with E-state index in [9.17, 15) is 4.79 Å². The highest BCUT2D eigenvalue weighted by atomic mass is 16.7. The van der Waals surface area contributed by atoms with Gasteiger partial charge in [0.1, 0.15) is 0 Å². The summed E-state index contributed by atoms with van der Waals surface area (Å²) >= 11 is 0. The Kier molecular flexibility index (Phi) is 2.07. The van der Waals surface area contributed by atoms with Crippen LogP contribution in [-0.2, 0) is 14.3 Å². The van der Waals surface area contributed by atoms with E-state index in [0.29, 0.717) is 25.6 Å². The van der Waals surface area contributed by atoms with Crippen molar-refractivity contribution in [3.63, 3.8) is 0 Å². The fraction of sp³-hybridized carbons (Fsp3) is 0.727. The molecule has 4 heteroatoms. The van der Waals surface area contributed by atoms with Gasteiger partial charge in [0, 0.05) is 30.9 Å². The number of rotatable bonds is 0. The molecule has 3 rings (SSSR count). The molecule has 0 bridgehead atoms. The number of amides is 1. The number of hydrogen-bond acceptors (Lipinski definition) is 3. The molecule has 0 aromatic heterocycles. The first kappa shape index (κ1) is 9.36. The molecule has 2 heterocycles. The van der Waals surface area contributed by atoms with Crippen molar-refractivity contribution < 1.29 is 14.3 Å². The second kappa shape index (κ2) is 3.32. The van der Waals surface area contributed by atoms with E-state index in [1.54, 1.807) is 0 Å². The van der Waals surface area contributed by atoms with Crippen LogP contribution in [0, 0.1) is 5.92 Å². The van der Waals surface area contributed by atoms with Crippen molar-refractivity contribution in [2.75, 3.05) is 13.2 Å². The van der Waals surface area contributed by atoms with E-state index in [1.807, 2.05) is 0 Å². The smallest absolute Gasteiger partial charge is 0.224 e. The van der Waals surface area contributed by atoms with E-state index in [0.717, 1.165) is 25.0 Å². The van der Waals surface area contributed by atoms with Crippen LogP contribution >= 0.6 is 0 Å². The quantitative estimate of drug-likeness (QED) is 0.645. The zero-order chi connectivity index (χ0) is 10.3. The van der Waals surface area contributed by atoms with Crippen molar-refractivity contribution in [2.24, 2.45) is 5.92 Å². The van der Waals surface area contributed by atoms with E-state index in [4.69, 9.17) is 9.47 Å². The highest BCUT2D eigenvalue weighted by molar-refractivity contribution is 5.79. The summed E-state index contributed by atoms with van der Waals surface area (Å²) in [5.74, 6) is 0.173. The van der Waals surface area contributed by atoms with Gasteiger partial charge in [-0.1, -0.05) is 6.08 Å². The molecule has 2 fully saturated rings. The lowest BCUT2D eigenvalue weighted by Crippen LogP contribution is -2.42. The molecule has 1 amide bonds. The summed E-state index contributed by atoms with van der Waals surface area (Å²) < 4.78 is 11.4. The third-order valence-corrected chi connectivity index (χ3v) is 3.45.